The molecule has 0 spiro atoms. The van der Waals surface area contributed by atoms with Gasteiger partial charge in [0.15, 0.2) is 0 Å². The van der Waals surface area contributed by atoms with Crippen LogP contribution >= 0.6 is 11.3 Å². The number of aryl methyl sites for hydroxylation is 1. The number of phenolic OH excluding ortho intramolecular Hbond substituents is 1. The number of benzene rings is 1. The van der Waals surface area contributed by atoms with Gasteiger partial charge < -0.3 is 9.84 Å². The van der Waals surface area contributed by atoms with Gasteiger partial charge in [-0.25, -0.2) is 0 Å². The highest BCUT2D eigenvalue weighted by molar-refractivity contribution is 7.08. The van der Waals surface area contributed by atoms with Gasteiger partial charge in [0.25, 0.3) is 0 Å². The van der Waals surface area contributed by atoms with Gasteiger partial charge in [0, 0.05) is 23.0 Å². The molecule has 1 aliphatic carbocycles. The van der Waals surface area contributed by atoms with Crippen LogP contribution in [0, 0.1) is 5.92 Å². The summed E-state index contributed by atoms with van der Waals surface area (Å²) >= 11 is 1.69. The Labute approximate surface area is 173 Å². The third-order valence-electron chi connectivity index (χ3n) is 6.59. The molecule has 1 N–H and O–H groups in total. The van der Waals surface area contributed by atoms with Gasteiger partial charge in [-0.05, 0) is 80.5 Å². The molecule has 0 bridgehead atoms. The third-order valence-corrected chi connectivity index (χ3v) is 7.27. The average Bonchev–Trinajstić information content (AvgIpc) is 3.15. The van der Waals surface area contributed by atoms with Crippen molar-refractivity contribution in [3.8, 4) is 22.6 Å². The number of hydrogen-bond acceptors (Lipinski definition) is 3. The van der Waals surface area contributed by atoms with Crippen LogP contribution in [-0.2, 0) is 6.42 Å². The molecule has 2 unspecified atom stereocenters. The van der Waals surface area contributed by atoms with Crippen LogP contribution in [0.5, 0.6) is 11.5 Å². The van der Waals surface area contributed by atoms with Crippen molar-refractivity contribution in [3.05, 3.63) is 45.7 Å². The summed E-state index contributed by atoms with van der Waals surface area (Å²) in [7, 11) is 0. The van der Waals surface area contributed by atoms with Crippen LogP contribution in [0.25, 0.3) is 11.1 Å². The maximum Gasteiger partial charge on any atom is 0.131 e. The van der Waals surface area contributed by atoms with E-state index in [1.807, 2.05) is 0 Å². The second-order valence-electron chi connectivity index (χ2n) is 9.03. The molecule has 0 fully saturated rings. The van der Waals surface area contributed by atoms with Crippen LogP contribution in [0.2, 0.25) is 0 Å². The summed E-state index contributed by atoms with van der Waals surface area (Å²) in [4.78, 5) is 0. The molecule has 4 rings (SSSR count). The molecule has 1 aromatic carbocycles. The van der Waals surface area contributed by atoms with Gasteiger partial charge in [-0.15, -0.1) is 0 Å². The SMILES string of the molecule is CCCCCc1cc2c(c(O)c1-c1ccsc1)C1C=C(C)CCC1C(C)(C)O2. The van der Waals surface area contributed by atoms with Crippen molar-refractivity contribution in [2.45, 2.75) is 77.7 Å². The van der Waals surface area contributed by atoms with Crippen LogP contribution in [0.1, 0.15) is 76.8 Å². The van der Waals surface area contributed by atoms with Crippen molar-refractivity contribution in [2.75, 3.05) is 0 Å². The first-order valence-corrected chi connectivity index (χ1v) is 11.6. The molecule has 0 saturated carbocycles. The maximum absolute atomic E-state index is 11.5. The average molecular weight is 397 g/mol. The molecule has 2 nitrogen and oxygen atoms in total. The number of allylic oxidation sites excluding steroid dienone is 2. The van der Waals surface area contributed by atoms with Crippen molar-refractivity contribution < 1.29 is 9.84 Å². The van der Waals surface area contributed by atoms with E-state index in [2.05, 4.69) is 56.7 Å². The minimum atomic E-state index is -0.216. The van der Waals surface area contributed by atoms with Gasteiger partial charge in [0.2, 0.25) is 0 Å². The fourth-order valence-electron chi connectivity index (χ4n) is 5.10. The van der Waals surface area contributed by atoms with E-state index < -0.39 is 0 Å². The Hall–Kier alpha value is -1.74. The van der Waals surface area contributed by atoms with E-state index in [-0.39, 0.29) is 11.5 Å². The minimum Gasteiger partial charge on any atom is -0.507 e. The standard InChI is InChI=1S/C25H32O2S/c1-5-6-7-8-17-14-21-23(24(26)22(17)18-11-12-28-15-18)19-13-16(2)9-10-20(19)25(3,4)27-21/h11-15,19-20,26H,5-10H2,1-4H3. The Morgan fingerprint density at radius 2 is 2.11 bits per heavy atom. The lowest BCUT2D eigenvalue weighted by Crippen LogP contribution is -2.45. The van der Waals surface area contributed by atoms with Crippen LogP contribution in [0.15, 0.2) is 34.5 Å². The number of fused-ring (bicyclic) bond motifs is 3. The number of rotatable bonds is 5. The maximum atomic E-state index is 11.5. The van der Waals surface area contributed by atoms with Gasteiger partial charge in [0.05, 0.1) is 0 Å². The Bertz CT molecular complexity index is 876. The molecule has 1 aromatic heterocycles. The molecular formula is C25H32O2S. The zero-order valence-electron chi connectivity index (χ0n) is 17.5. The summed E-state index contributed by atoms with van der Waals surface area (Å²) in [5, 5.41) is 15.8. The number of ether oxygens (including phenoxy) is 1. The number of thiophene rings is 1. The van der Waals surface area contributed by atoms with Gasteiger partial charge >= 0.3 is 0 Å². The molecule has 2 atom stereocenters. The molecule has 2 aromatic rings. The van der Waals surface area contributed by atoms with Crippen LogP contribution in [-0.4, -0.2) is 10.7 Å². The summed E-state index contributed by atoms with van der Waals surface area (Å²) in [5.74, 6) is 1.96. The summed E-state index contributed by atoms with van der Waals surface area (Å²) in [6, 6.07) is 4.36. The largest absolute Gasteiger partial charge is 0.507 e. The topological polar surface area (TPSA) is 29.5 Å². The van der Waals surface area contributed by atoms with Crippen molar-refractivity contribution >= 4 is 11.3 Å². The second kappa shape index (κ2) is 7.59. The van der Waals surface area contributed by atoms with Crippen molar-refractivity contribution in [3.63, 3.8) is 0 Å². The van der Waals surface area contributed by atoms with Crippen LogP contribution in [0.4, 0.5) is 0 Å². The predicted octanol–water partition coefficient (Wildman–Crippen LogP) is 7.46. The number of aromatic hydroxyl groups is 1. The van der Waals surface area contributed by atoms with Crippen LogP contribution in [0.3, 0.4) is 0 Å². The summed E-state index contributed by atoms with van der Waals surface area (Å²) in [6.07, 6.45) is 9.14. The Kier molecular flexibility index (Phi) is 5.30. The van der Waals surface area contributed by atoms with Crippen molar-refractivity contribution in [1.82, 2.24) is 0 Å². The molecule has 2 heterocycles. The quantitative estimate of drug-likeness (QED) is 0.420. The molecule has 28 heavy (non-hydrogen) atoms. The molecule has 0 amide bonds. The lowest BCUT2D eigenvalue weighted by Gasteiger charge is -2.46. The smallest absolute Gasteiger partial charge is 0.131 e. The molecule has 1 aliphatic heterocycles. The minimum absolute atomic E-state index is 0.216. The van der Waals surface area contributed by atoms with E-state index in [4.69, 9.17) is 4.74 Å². The Balaban J connectivity index is 1.89. The Morgan fingerprint density at radius 3 is 2.82 bits per heavy atom. The molecular weight excluding hydrogens is 364 g/mol. The predicted molar refractivity (Wildman–Crippen MR) is 119 cm³/mol. The molecule has 150 valence electrons. The van der Waals surface area contributed by atoms with E-state index >= 15 is 0 Å². The third kappa shape index (κ3) is 3.39. The lowest BCUT2D eigenvalue weighted by atomic mass is 9.67. The van der Waals surface area contributed by atoms with E-state index in [0.29, 0.717) is 11.7 Å². The first kappa shape index (κ1) is 19.6. The van der Waals surface area contributed by atoms with E-state index in [1.54, 1.807) is 11.3 Å². The van der Waals surface area contributed by atoms with Crippen LogP contribution < -0.4 is 4.74 Å². The van der Waals surface area contributed by atoms with Gasteiger partial charge in [-0.1, -0.05) is 31.4 Å². The zero-order chi connectivity index (χ0) is 19.9. The van der Waals surface area contributed by atoms with Gasteiger partial charge in [0.1, 0.15) is 17.1 Å². The second-order valence-corrected chi connectivity index (χ2v) is 9.81. The summed E-state index contributed by atoms with van der Waals surface area (Å²) in [6.45, 7) is 8.87. The first-order chi connectivity index (χ1) is 13.4. The van der Waals surface area contributed by atoms with Gasteiger partial charge in [-0.3, -0.25) is 0 Å². The number of phenols is 1. The van der Waals surface area contributed by atoms with Crippen molar-refractivity contribution in [1.29, 1.82) is 0 Å². The fourth-order valence-corrected chi connectivity index (χ4v) is 5.75. The fraction of sp³-hybridized carbons (Fsp3) is 0.520. The normalized spacial score (nSPS) is 22.8. The first-order valence-electron chi connectivity index (χ1n) is 10.7. The van der Waals surface area contributed by atoms with Crippen molar-refractivity contribution in [2.24, 2.45) is 5.92 Å². The summed E-state index contributed by atoms with van der Waals surface area (Å²) < 4.78 is 6.54. The Morgan fingerprint density at radius 1 is 1.29 bits per heavy atom. The highest BCUT2D eigenvalue weighted by Gasteiger charge is 2.45. The molecule has 0 saturated heterocycles. The molecule has 0 radical (unpaired) electrons. The van der Waals surface area contributed by atoms with E-state index in [9.17, 15) is 5.11 Å². The summed E-state index contributed by atoms with van der Waals surface area (Å²) in [5.41, 5.74) is 5.59. The monoisotopic (exact) mass is 396 g/mol. The van der Waals surface area contributed by atoms with E-state index in [0.717, 1.165) is 48.1 Å². The lowest BCUT2D eigenvalue weighted by molar-refractivity contribution is 0.0108. The number of hydrogen-bond donors (Lipinski definition) is 1. The van der Waals surface area contributed by atoms with Gasteiger partial charge in [-0.2, -0.15) is 11.3 Å². The highest BCUT2D eigenvalue weighted by Crippen LogP contribution is 2.56. The zero-order valence-corrected chi connectivity index (χ0v) is 18.4. The number of unbranched alkanes of at least 4 members (excludes halogenated alkanes) is 2. The highest BCUT2D eigenvalue weighted by atomic mass is 32.1. The molecule has 3 heteroatoms. The molecule has 2 aliphatic rings. The van der Waals surface area contributed by atoms with E-state index in [1.165, 1.54) is 24.0 Å².